The molecule has 1 N–H and O–H groups in total. The normalized spacial score (nSPS) is 11.6. The molecule has 0 atom stereocenters. The first kappa shape index (κ1) is 14.5. The summed E-state index contributed by atoms with van der Waals surface area (Å²) in [6.45, 7) is 0.204. The van der Waals surface area contributed by atoms with Crippen LogP contribution in [0.4, 0.5) is 0 Å². The molecular formula is C12H13ClN2O2S2. The van der Waals surface area contributed by atoms with Gasteiger partial charge in [-0.2, -0.15) is 0 Å². The van der Waals surface area contributed by atoms with Crippen LogP contribution in [-0.2, 0) is 23.0 Å². The number of nitrogens with zero attached hydrogens (tertiary/aromatic N) is 1. The van der Waals surface area contributed by atoms with Gasteiger partial charge >= 0.3 is 0 Å². The van der Waals surface area contributed by atoms with E-state index in [1.165, 1.54) is 11.3 Å². The lowest BCUT2D eigenvalue weighted by molar-refractivity contribution is 0.580. The van der Waals surface area contributed by atoms with E-state index < -0.39 is 10.0 Å². The maximum Gasteiger partial charge on any atom is 0.240 e. The van der Waals surface area contributed by atoms with Crippen molar-refractivity contribution in [2.75, 3.05) is 5.88 Å². The topological polar surface area (TPSA) is 59.1 Å². The molecule has 4 nitrogen and oxygen atoms in total. The second-order valence-electron chi connectivity index (χ2n) is 3.89. The van der Waals surface area contributed by atoms with Crippen molar-refractivity contribution in [3.05, 3.63) is 46.4 Å². The predicted molar refractivity (Wildman–Crippen MR) is 77.0 cm³/mol. The quantitative estimate of drug-likeness (QED) is 0.833. The molecular weight excluding hydrogens is 304 g/mol. The molecule has 0 fully saturated rings. The average Bonchev–Trinajstić information content (AvgIpc) is 2.91. The Morgan fingerprint density at radius 2 is 2.00 bits per heavy atom. The second-order valence-corrected chi connectivity index (χ2v) is 6.75. The van der Waals surface area contributed by atoms with E-state index >= 15 is 0 Å². The highest BCUT2D eigenvalue weighted by Gasteiger charge is 2.13. The molecule has 2 aromatic rings. The molecule has 0 aliphatic rings. The van der Waals surface area contributed by atoms with E-state index in [4.69, 9.17) is 11.6 Å². The fourth-order valence-corrected chi connectivity index (χ4v) is 3.30. The number of rotatable bonds is 6. The van der Waals surface area contributed by atoms with E-state index in [9.17, 15) is 8.42 Å². The van der Waals surface area contributed by atoms with Crippen molar-refractivity contribution in [1.82, 2.24) is 9.71 Å². The summed E-state index contributed by atoms with van der Waals surface area (Å²) in [4.78, 5) is 4.28. The highest BCUT2D eigenvalue weighted by atomic mass is 35.5. The average molecular weight is 317 g/mol. The van der Waals surface area contributed by atoms with E-state index in [1.54, 1.807) is 29.8 Å². The molecule has 19 heavy (non-hydrogen) atoms. The Hall–Kier alpha value is -0.950. The van der Waals surface area contributed by atoms with Crippen LogP contribution in [0.1, 0.15) is 11.3 Å². The van der Waals surface area contributed by atoms with E-state index in [1.807, 2.05) is 5.38 Å². The Balaban J connectivity index is 2.06. The van der Waals surface area contributed by atoms with Crippen molar-refractivity contribution in [2.45, 2.75) is 17.9 Å². The summed E-state index contributed by atoms with van der Waals surface area (Å²) in [6.07, 6.45) is 0.730. The van der Waals surface area contributed by atoms with Gasteiger partial charge in [0.15, 0.2) is 0 Å². The molecule has 102 valence electrons. The number of hydrogen-bond acceptors (Lipinski definition) is 4. The highest BCUT2D eigenvalue weighted by molar-refractivity contribution is 7.89. The van der Waals surface area contributed by atoms with Gasteiger partial charge < -0.3 is 0 Å². The predicted octanol–water partition coefficient (Wildman–Crippen LogP) is 2.40. The maximum absolute atomic E-state index is 12.0. The summed E-state index contributed by atoms with van der Waals surface area (Å²) in [5.41, 5.74) is 3.41. The third kappa shape index (κ3) is 4.01. The van der Waals surface area contributed by atoms with E-state index in [0.29, 0.717) is 11.6 Å². The molecule has 0 spiro atoms. The first-order valence-corrected chi connectivity index (χ1v) is 8.59. The van der Waals surface area contributed by atoms with Gasteiger partial charge in [-0.05, 0) is 24.1 Å². The zero-order chi connectivity index (χ0) is 13.7. The second kappa shape index (κ2) is 6.47. The Labute approximate surface area is 121 Å². The third-order valence-corrected chi connectivity index (χ3v) is 4.79. The van der Waals surface area contributed by atoms with Crippen molar-refractivity contribution in [3.8, 4) is 0 Å². The molecule has 0 aliphatic heterocycles. The van der Waals surface area contributed by atoms with Crippen LogP contribution in [0.3, 0.4) is 0 Å². The van der Waals surface area contributed by atoms with Gasteiger partial charge in [0.2, 0.25) is 10.0 Å². The maximum atomic E-state index is 12.0. The third-order valence-electron chi connectivity index (χ3n) is 2.54. The number of hydrogen-bond donors (Lipinski definition) is 1. The summed E-state index contributed by atoms with van der Waals surface area (Å²) < 4.78 is 26.6. The molecule has 0 aliphatic carbocycles. The summed E-state index contributed by atoms with van der Waals surface area (Å²) in [5, 5.41) is 1.81. The van der Waals surface area contributed by atoms with Gasteiger partial charge in [0.25, 0.3) is 0 Å². The molecule has 1 aromatic heterocycles. The monoisotopic (exact) mass is 316 g/mol. The molecule has 0 saturated carbocycles. The van der Waals surface area contributed by atoms with Crippen LogP contribution in [0, 0.1) is 0 Å². The van der Waals surface area contributed by atoms with Gasteiger partial charge in [0.05, 0.1) is 22.6 Å². The van der Waals surface area contributed by atoms with Crippen LogP contribution in [0.2, 0.25) is 0 Å². The number of aryl methyl sites for hydroxylation is 1. The molecule has 0 unspecified atom stereocenters. The molecule has 1 aromatic carbocycles. The van der Waals surface area contributed by atoms with Crippen LogP contribution in [0.5, 0.6) is 0 Å². The van der Waals surface area contributed by atoms with Gasteiger partial charge in [0, 0.05) is 11.3 Å². The minimum absolute atomic E-state index is 0.204. The SMILES string of the molecule is O=S(=O)(NCc1cscn1)c1ccc(CCCl)cc1. The molecule has 0 radical (unpaired) electrons. The van der Waals surface area contributed by atoms with Crippen molar-refractivity contribution in [2.24, 2.45) is 0 Å². The Kier molecular flexibility index (Phi) is 4.93. The van der Waals surface area contributed by atoms with Gasteiger partial charge in [-0.25, -0.2) is 18.1 Å². The van der Waals surface area contributed by atoms with Gasteiger partial charge in [-0.3, -0.25) is 0 Å². The zero-order valence-corrected chi connectivity index (χ0v) is 12.4. The molecule has 0 saturated heterocycles. The number of benzene rings is 1. The van der Waals surface area contributed by atoms with Crippen molar-refractivity contribution >= 4 is 33.0 Å². The summed E-state index contributed by atoms with van der Waals surface area (Å²) in [5.74, 6) is 0.522. The molecule has 0 bridgehead atoms. The van der Waals surface area contributed by atoms with E-state index in [0.717, 1.165) is 12.0 Å². The largest absolute Gasteiger partial charge is 0.248 e. The highest BCUT2D eigenvalue weighted by Crippen LogP contribution is 2.12. The van der Waals surface area contributed by atoms with E-state index in [2.05, 4.69) is 9.71 Å². The molecule has 1 heterocycles. The number of sulfonamides is 1. The molecule has 2 rings (SSSR count). The lowest BCUT2D eigenvalue weighted by atomic mass is 10.2. The fourth-order valence-electron chi connectivity index (χ4n) is 1.52. The minimum Gasteiger partial charge on any atom is -0.248 e. The van der Waals surface area contributed by atoms with Crippen molar-refractivity contribution in [3.63, 3.8) is 0 Å². The number of nitrogens with one attached hydrogen (secondary N) is 1. The van der Waals surface area contributed by atoms with Gasteiger partial charge in [-0.1, -0.05) is 12.1 Å². The standard InChI is InChI=1S/C12H13ClN2O2S2/c13-6-5-10-1-3-12(4-2-10)19(16,17)15-7-11-8-18-9-14-11/h1-4,8-9,15H,5-7H2. The van der Waals surface area contributed by atoms with E-state index in [-0.39, 0.29) is 11.4 Å². The van der Waals surface area contributed by atoms with Crippen LogP contribution < -0.4 is 4.72 Å². The lowest BCUT2D eigenvalue weighted by Gasteiger charge is -2.06. The van der Waals surface area contributed by atoms with Crippen molar-refractivity contribution in [1.29, 1.82) is 0 Å². The summed E-state index contributed by atoms with van der Waals surface area (Å²) in [6, 6.07) is 6.73. The molecule has 7 heteroatoms. The first-order valence-electron chi connectivity index (χ1n) is 5.63. The van der Waals surface area contributed by atoms with Gasteiger partial charge in [0.1, 0.15) is 0 Å². The summed E-state index contributed by atoms with van der Waals surface area (Å²) >= 11 is 7.07. The number of alkyl halides is 1. The Morgan fingerprint density at radius 1 is 1.26 bits per heavy atom. The number of thiazole rings is 1. The lowest BCUT2D eigenvalue weighted by Crippen LogP contribution is -2.23. The van der Waals surface area contributed by atoms with Crippen LogP contribution in [-0.4, -0.2) is 19.3 Å². The van der Waals surface area contributed by atoms with Gasteiger partial charge in [-0.15, -0.1) is 22.9 Å². The van der Waals surface area contributed by atoms with Crippen LogP contribution in [0.15, 0.2) is 40.1 Å². The van der Waals surface area contributed by atoms with Crippen LogP contribution in [0.25, 0.3) is 0 Å². The Bertz CT molecular complexity index is 610. The number of halogens is 1. The van der Waals surface area contributed by atoms with Crippen LogP contribution >= 0.6 is 22.9 Å². The zero-order valence-electron chi connectivity index (χ0n) is 10.0. The minimum atomic E-state index is -3.49. The van der Waals surface area contributed by atoms with Crippen molar-refractivity contribution < 1.29 is 8.42 Å². The summed E-state index contributed by atoms with van der Waals surface area (Å²) in [7, 11) is -3.49. The molecule has 0 amide bonds. The Morgan fingerprint density at radius 3 is 2.58 bits per heavy atom. The smallest absolute Gasteiger partial charge is 0.240 e. The number of aromatic nitrogens is 1. The first-order chi connectivity index (χ1) is 9.12. The fraction of sp³-hybridized carbons (Fsp3) is 0.250.